The largest absolute Gasteiger partial charge is 0.409 e. The Bertz CT molecular complexity index is 365. The number of methoxy groups -OCH3 is 1. The smallest absolute Gasteiger partial charge is 0.190 e. The maximum atomic E-state index is 8.48. The Morgan fingerprint density at radius 2 is 2.29 bits per heavy atom. The van der Waals surface area contributed by atoms with E-state index in [1.807, 2.05) is 11.9 Å². The molecular weight excluding hydrogens is 222 g/mol. The van der Waals surface area contributed by atoms with E-state index >= 15 is 0 Å². The second-order valence-corrected chi connectivity index (χ2v) is 3.51. The van der Waals surface area contributed by atoms with Gasteiger partial charge in [-0.3, -0.25) is 0 Å². The molecule has 1 rings (SSSR count). The van der Waals surface area contributed by atoms with Crippen LogP contribution in [-0.2, 0) is 4.74 Å². The fourth-order valence-electron chi connectivity index (χ4n) is 1.26. The van der Waals surface area contributed by atoms with Crippen LogP contribution in [0.15, 0.2) is 17.5 Å². The molecule has 0 radical (unpaired) electrons. The topological polar surface area (TPSA) is 96.9 Å². The third kappa shape index (κ3) is 3.87. The van der Waals surface area contributed by atoms with Crippen molar-refractivity contribution >= 4 is 11.7 Å². The Hall–Kier alpha value is -1.89. The van der Waals surface area contributed by atoms with E-state index in [2.05, 4.69) is 15.1 Å². The molecule has 0 aromatic carbocycles. The lowest BCUT2D eigenvalue weighted by molar-refractivity contribution is 0.196. The minimum atomic E-state index is -0.0499. The van der Waals surface area contributed by atoms with E-state index in [-0.39, 0.29) is 5.84 Å². The van der Waals surface area contributed by atoms with Gasteiger partial charge in [-0.25, -0.2) is 9.97 Å². The molecule has 94 valence electrons. The summed E-state index contributed by atoms with van der Waals surface area (Å²) in [4.78, 5) is 10.2. The van der Waals surface area contributed by atoms with Crippen LogP contribution >= 0.6 is 0 Å². The van der Waals surface area contributed by atoms with Crippen molar-refractivity contribution in [3.05, 3.63) is 18.1 Å². The van der Waals surface area contributed by atoms with E-state index in [1.165, 1.54) is 6.20 Å². The molecule has 1 aromatic rings. The summed E-state index contributed by atoms with van der Waals surface area (Å²) < 4.78 is 4.97. The summed E-state index contributed by atoms with van der Waals surface area (Å²) in [6.07, 6.45) is 3.97. The van der Waals surface area contributed by atoms with E-state index < -0.39 is 0 Å². The van der Waals surface area contributed by atoms with E-state index in [4.69, 9.17) is 15.7 Å². The summed E-state index contributed by atoms with van der Waals surface area (Å²) in [5, 5.41) is 11.3. The van der Waals surface area contributed by atoms with Crippen LogP contribution in [0.5, 0.6) is 0 Å². The van der Waals surface area contributed by atoms with Crippen LogP contribution in [0.25, 0.3) is 0 Å². The molecule has 0 aliphatic rings. The van der Waals surface area contributed by atoms with Crippen molar-refractivity contribution in [2.75, 3.05) is 32.2 Å². The molecule has 0 unspecified atom stereocenters. The number of oxime groups is 1. The Balaban J connectivity index is 2.61. The van der Waals surface area contributed by atoms with Gasteiger partial charge in [-0.05, 0) is 6.42 Å². The van der Waals surface area contributed by atoms with Crippen LogP contribution in [-0.4, -0.2) is 48.3 Å². The summed E-state index contributed by atoms with van der Waals surface area (Å²) >= 11 is 0. The first-order chi connectivity index (χ1) is 8.19. The Morgan fingerprint density at radius 3 is 2.82 bits per heavy atom. The number of ether oxygens (including phenoxy) is 1. The van der Waals surface area contributed by atoms with Gasteiger partial charge in [-0.15, -0.1) is 0 Å². The molecule has 1 heterocycles. The summed E-state index contributed by atoms with van der Waals surface area (Å²) in [6, 6.07) is 0. The Morgan fingerprint density at radius 1 is 1.53 bits per heavy atom. The maximum Gasteiger partial charge on any atom is 0.190 e. The van der Waals surface area contributed by atoms with E-state index in [0.29, 0.717) is 12.3 Å². The lowest BCUT2D eigenvalue weighted by atomic mass is 10.4. The van der Waals surface area contributed by atoms with Crippen molar-refractivity contribution in [3.63, 3.8) is 0 Å². The molecular formula is C10H17N5O2. The number of nitrogens with zero attached hydrogens (tertiary/aromatic N) is 4. The number of anilines is 1. The highest BCUT2D eigenvalue weighted by molar-refractivity contribution is 5.94. The van der Waals surface area contributed by atoms with Crippen molar-refractivity contribution in [2.24, 2.45) is 10.9 Å². The second kappa shape index (κ2) is 6.64. The van der Waals surface area contributed by atoms with Gasteiger partial charge < -0.3 is 20.6 Å². The van der Waals surface area contributed by atoms with Crippen LogP contribution in [0, 0.1) is 0 Å². The number of hydrogen-bond donors (Lipinski definition) is 2. The first-order valence-corrected chi connectivity index (χ1v) is 5.19. The van der Waals surface area contributed by atoms with Crippen molar-refractivity contribution < 1.29 is 9.94 Å². The molecule has 3 N–H and O–H groups in total. The number of nitrogens with two attached hydrogens (primary N) is 1. The average Bonchev–Trinajstić information content (AvgIpc) is 2.38. The van der Waals surface area contributed by atoms with Crippen molar-refractivity contribution in [1.82, 2.24) is 9.97 Å². The zero-order valence-corrected chi connectivity index (χ0v) is 10.00. The number of amidine groups is 1. The first kappa shape index (κ1) is 13.2. The zero-order chi connectivity index (χ0) is 12.7. The number of aromatic nitrogens is 2. The molecule has 0 aliphatic heterocycles. The van der Waals surface area contributed by atoms with Gasteiger partial charge in [-0.2, -0.15) is 0 Å². The quantitative estimate of drug-likeness (QED) is 0.239. The molecule has 0 atom stereocenters. The monoisotopic (exact) mass is 239 g/mol. The molecule has 0 spiro atoms. The van der Waals surface area contributed by atoms with Crippen LogP contribution in [0.4, 0.5) is 5.82 Å². The summed E-state index contributed by atoms with van der Waals surface area (Å²) in [5.74, 6) is 0.682. The highest BCUT2D eigenvalue weighted by Gasteiger charge is 2.05. The van der Waals surface area contributed by atoms with Crippen LogP contribution < -0.4 is 10.6 Å². The lowest BCUT2D eigenvalue weighted by Crippen LogP contribution is -2.22. The van der Waals surface area contributed by atoms with Crippen LogP contribution in [0.3, 0.4) is 0 Å². The molecule has 0 saturated carbocycles. The van der Waals surface area contributed by atoms with E-state index in [1.54, 1.807) is 13.3 Å². The Labute approximate surface area is 99.9 Å². The SMILES string of the molecule is COCCCN(C)c1cnc(C(N)=NO)cn1. The minimum absolute atomic E-state index is 0.0499. The lowest BCUT2D eigenvalue weighted by Gasteiger charge is -2.17. The van der Waals surface area contributed by atoms with E-state index in [9.17, 15) is 0 Å². The number of rotatable bonds is 6. The average molecular weight is 239 g/mol. The number of hydrogen-bond acceptors (Lipinski definition) is 6. The predicted octanol–water partition coefficient (Wildman–Crippen LogP) is 0.0438. The molecule has 17 heavy (non-hydrogen) atoms. The normalized spacial score (nSPS) is 11.5. The molecule has 0 saturated heterocycles. The zero-order valence-electron chi connectivity index (χ0n) is 10.00. The van der Waals surface area contributed by atoms with Gasteiger partial charge in [0.25, 0.3) is 0 Å². The second-order valence-electron chi connectivity index (χ2n) is 3.51. The summed E-state index contributed by atoms with van der Waals surface area (Å²) in [5.41, 5.74) is 5.73. The summed E-state index contributed by atoms with van der Waals surface area (Å²) in [7, 11) is 3.59. The van der Waals surface area contributed by atoms with E-state index in [0.717, 1.165) is 18.8 Å². The van der Waals surface area contributed by atoms with Crippen molar-refractivity contribution in [3.8, 4) is 0 Å². The fourth-order valence-corrected chi connectivity index (χ4v) is 1.26. The van der Waals surface area contributed by atoms with Gasteiger partial charge in [0, 0.05) is 27.3 Å². The third-order valence-corrected chi connectivity index (χ3v) is 2.24. The molecule has 0 fully saturated rings. The van der Waals surface area contributed by atoms with Gasteiger partial charge >= 0.3 is 0 Å². The first-order valence-electron chi connectivity index (χ1n) is 5.19. The minimum Gasteiger partial charge on any atom is -0.409 e. The van der Waals surface area contributed by atoms with Crippen LogP contribution in [0.2, 0.25) is 0 Å². The van der Waals surface area contributed by atoms with Gasteiger partial charge in [0.1, 0.15) is 11.5 Å². The molecule has 0 amide bonds. The molecule has 7 heteroatoms. The van der Waals surface area contributed by atoms with Crippen molar-refractivity contribution in [2.45, 2.75) is 6.42 Å². The highest BCUT2D eigenvalue weighted by atomic mass is 16.5. The maximum absolute atomic E-state index is 8.48. The van der Waals surface area contributed by atoms with Crippen molar-refractivity contribution in [1.29, 1.82) is 0 Å². The molecule has 1 aromatic heterocycles. The third-order valence-electron chi connectivity index (χ3n) is 2.24. The predicted molar refractivity (Wildman–Crippen MR) is 64.3 cm³/mol. The van der Waals surface area contributed by atoms with Gasteiger partial charge in [0.05, 0.1) is 12.4 Å². The van der Waals surface area contributed by atoms with Crippen LogP contribution in [0.1, 0.15) is 12.1 Å². The van der Waals surface area contributed by atoms with Gasteiger partial charge in [0.15, 0.2) is 5.84 Å². The van der Waals surface area contributed by atoms with Gasteiger partial charge in [0.2, 0.25) is 0 Å². The highest BCUT2D eigenvalue weighted by Crippen LogP contribution is 2.07. The fraction of sp³-hybridized carbons (Fsp3) is 0.500. The standard InChI is InChI=1S/C10H17N5O2/c1-15(4-3-5-17-2)9-7-12-8(6-13-9)10(11)14-16/h6-7,16H,3-5H2,1-2H3,(H2,11,14). The summed E-state index contributed by atoms with van der Waals surface area (Å²) in [6.45, 7) is 1.53. The molecule has 7 nitrogen and oxygen atoms in total. The van der Waals surface area contributed by atoms with Gasteiger partial charge in [-0.1, -0.05) is 5.16 Å². The molecule has 0 aliphatic carbocycles. The Kier molecular flexibility index (Phi) is 5.15. The molecule has 0 bridgehead atoms.